The lowest BCUT2D eigenvalue weighted by molar-refractivity contribution is -0.900. The molecule has 2 aliphatic heterocycles. The van der Waals surface area contributed by atoms with Crippen LogP contribution < -0.4 is 9.80 Å². The van der Waals surface area contributed by atoms with Gasteiger partial charge in [-0.2, -0.15) is 0 Å². The van der Waals surface area contributed by atoms with E-state index in [0.717, 1.165) is 67.1 Å². The van der Waals surface area contributed by atoms with Crippen LogP contribution in [0.15, 0.2) is 5.16 Å². The predicted molar refractivity (Wildman–Crippen MR) is 116 cm³/mol. The van der Waals surface area contributed by atoms with E-state index < -0.39 is 0 Å². The lowest BCUT2D eigenvalue weighted by atomic mass is 9.94. The van der Waals surface area contributed by atoms with E-state index in [1.807, 2.05) is 0 Å². The summed E-state index contributed by atoms with van der Waals surface area (Å²) in [5, 5.41) is 11.4. The van der Waals surface area contributed by atoms with E-state index in [0.29, 0.717) is 6.61 Å². The number of fused-ring (bicyclic) bond motifs is 3. The fourth-order valence-corrected chi connectivity index (χ4v) is 5.88. The van der Waals surface area contributed by atoms with Crippen molar-refractivity contribution in [2.45, 2.75) is 51.0 Å². The van der Waals surface area contributed by atoms with Gasteiger partial charge in [0.15, 0.2) is 5.16 Å². The molecule has 0 aromatic carbocycles. The first-order chi connectivity index (χ1) is 13.5. The van der Waals surface area contributed by atoms with Crippen LogP contribution in [0, 0.1) is 0 Å². The van der Waals surface area contributed by atoms with E-state index >= 15 is 0 Å². The molecule has 8 heteroatoms. The second kappa shape index (κ2) is 8.44. The summed E-state index contributed by atoms with van der Waals surface area (Å²) in [4.78, 5) is 16.3. The lowest BCUT2D eigenvalue weighted by Gasteiger charge is -2.34. The van der Waals surface area contributed by atoms with Crippen LogP contribution in [0.4, 0.5) is 5.82 Å². The smallest absolute Gasteiger partial charge is 0.190 e. The van der Waals surface area contributed by atoms with Gasteiger partial charge < -0.3 is 19.6 Å². The summed E-state index contributed by atoms with van der Waals surface area (Å²) in [5.41, 5.74) is 1.25. The Morgan fingerprint density at radius 2 is 2.07 bits per heavy atom. The van der Waals surface area contributed by atoms with Crippen LogP contribution in [0.5, 0.6) is 0 Å². The number of rotatable bonds is 6. The minimum absolute atomic E-state index is 0.141. The fraction of sp³-hybridized carbons (Fsp3) is 0.700. The second-order valence-corrected chi connectivity index (χ2v) is 10.4. The summed E-state index contributed by atoms with van der Waals surface area (Å²) in [6.45, 7) is 12.4. The number of nitrogens with zero attached hydrogens (tertiary/aromatic N) is 3. The van der Waals surface area contributed by atoms with Crippen molar-refractivity contribution in [3.63, 3.8) is 0 Å². The van der Waals surface area contributed by atoms with Gasteiger partial charge in [-0.15, -0.1) is 11.3 Å². The third kappa shape index (κ3) is 4.16. The Morgan fingerprint density at radius 1 is 1.29 bits per heavy atom. The number of nitrogens with one attached hydrogen (secondary N) is 1. The standard InChI is InChI=1S/C20H30N4O2S2/c1-4-11-27-19-21-17(24-7-5-23(6-8-24)9-10-25)16-14-12-20(2,3)26-13-15(14)28-18(16)22-19/h25H,4-13H2,1-3H3/p+1. The van der Waals surface area contributed by atoms with E-state index in [2.05, 4.69) is 25.7 Å². The number of piperazine rings is 1. The van der Waals surface area contributed by atoms with Crippen molar-refractivity contribution in [2.24, 2.45) is 0 Å². The van der Waals surface area contributed by atoms with Gasteiger partial charge in [0.05, 0.1) is 50.4 Å². The molecule has 0 amide bonds. The van der Waals surface area contributed by atoms with Crippen LogP contribution in [-0.4, -0.2) is 65.8 Å². The zero-order valence-corrected chi connectivity index (χ0v) is 18.7. The van der Waals surface area contributed by atoms with Gasteiger partial charge in [0.2, 0.25) is 0 Å². The van der Waals surface area contributed by atoms with Crippen LogP contribution in [-0.2, 0) is 17.8 Å². The van der Waals surface area contributed by atoms with Crippen molar-refractivity contribution in [3.05, 3.63) is 10.4 Å². The molecule has 0 radical (unpaired) electrons. The van der Waals surface area contributed by atoms with Gasteiger partial charge in [0.25, 0.3) is 0 Å². The number of ether oxygens (including phenoxy) is 1. The monoisotopic (exact) mass is 423 g/mol. The van der Waals surface area contributed by atoms with E-state index in [1.165, 1.54) is 20.7 Å². The number of anilines is 1. The van der Waals surface area contributed by atoms with Gasteiger partial charge in [-0.25, -0.2) is 9.97 Å². The van der Waals surface area contributed by atoms with Crippen molar-refractivity contribution >= 4 is 39.1 Å². The number of aliphatic hydroxyl groups excluding tert-OH is 1. The first-order valence-corrected chi connectivity index (χ1v) is 12.1. The van der Waals surface area contributed by atoms with Crippen molar-refractivity contribution < 1.29 is 14.7 Å². The molecule has 1 saturated heterocycles. The van der Waals surface area contributed by atoms with Crippen LogP contribution in [0.25, 0.3) is 10.2 Å². The zero-order valence-electron chi connectivity index (χ0n) is 17.1. The molecular weight excluding hydrogens is 392 g/mol. The number of thiophene rings is 1. The Morgan fingerprint density at radius 3 is 2.79 bits per heavy atom. The minimum Gasteiger partial charge on any atom is -0.391 e. The summed E-state index contributed by atoms with van der Waals surface area (Å²) in [7, 11) is 0. The molecular formula is C20H31N4O2S2+. The summed E-state index contributed by atoms with van der Waals surface area (Å²) in [5.74, 6) is 2.16. The van der Waals surface area contributed by atoms with Gasteiger partial charge >= 0.3 is 0 Å². The molecule has 0 atom stereocenters. The van der Waals surface area contributed by atoms with E-state index in [-0.39, 0.29) is 12.2 Å². The van der Waals surface area contributed by atoms with Crippen molar-refractivity contribution in [1.29, 1.82) is 0 Å². The highest BCUT2D eigenvalue weighted by molar-refractivity contribution is 7.99. The average molecular weight is 424 g/mol. The van der Waals surface area contributed by atoms with Crippen molar-refractivity contribution in [2.75, 3.05) is 50.0 Å². The maximum absolute atomic E-state index is 9.25. The number of aliphatic hydroxyl groups is 1. The Hall–Kier alpha value is -0.930. The number of quaternary nitrogens is 1. The fourth-order valence-electron chi connectivity index (χ4n) is 4.04. The molecule has 4 rings (SSSR count). The molecule has 154 valence electrons. The lowest BCUT2D eigenvalue weighted by Crippen LogP contribution is -3.15. The zero-order chi connectivity index (χ0) is 19.7. The van der Waals surface area contributed by atoms with Gasteiger partial charge in [-0.3, -0.25) is 0 Å². The third-order valence-corrected chi connectivity index (χ3v) is 7.71. The minimum atomic E-state index is -0.141. The molecule has 2 aromatic heterocycles. The van der Waals surface area contributed by atoms with Gasteiger partial charge in [0, 0.05) is 17.1 Å². The van der Waals surface area contributed by atoms with E-state index in [9.17, 15) is 5.11 Å². The Kier molecular flexibility index (Phi) is 6.13. The molecule has 0 saturated carbocycles. The number of hydrogen-bond acceptors (Lipinski definition) is 7. The Bertz CT molecular complexity index is 831. The van der Waals surface area contributed by atoms with Crippen LogP contribution >= 0.6 is 23.1 Å². The van der Waals surface area contributed by atoms with Crippen molar-refractivity contribution in [1.82, 2.24) is 9.97 Å². The number of thioether (sulfide) groups is 1. The Labute approximate surface area is 175 Å². The molecule has 2 aliphatic rings. The first-order valence-electron chi connectivity index (χ1n) is 10.3. The van der Waals surface area contributed by atoms with Crippen LogP contribution in [0.3, 0.4) is 0 Å². The highest BCUT2D eigenvalue weighted by Gasteiger charge is 2.32. The number of aromatic nitrogens is 2. The van der Waals surface area contributed by atoms with E-state index in [1.54, 1.807) is 23.1 Å². The van der Waals surface area contributed by atoms with Crippen molar-refractivity contribution in [3.8, 4) is 0 Å². The molecule has 0 spiro atoms. The largest absolute Gasteiger partial charge is 0.391 e. The molecule has 2 aromatic rings. The summed E-state index contributed by atoms with van der Waals surface area (Å²) >= 11 is 3.54. The van der Waals surface area contributed by atoms with E-state index in [4.69, 9.17) is 14.7 Å². The molecule has 2 N–H and O–H groups in total. The van der Waals surface area contributed by atoms with Crippen LogP contribution in [0.2, 0.25) is 0 Å². The molecule has 0 bridgehead atoms. The topological polar surface area (TPSA) is 62.9 Å². The summed E-state index contributed by atoms with van der Waals surface area (Å²) in [6.07, 6.45) is 2.03. The summed E-state index contributed by atoms with van der Waals surface area (Å²) < 4.78 is 6.06. The molecule has 0 aliphatic carbocycles. The summed E-state index contributed by atoms with van der Waals surface area (Å²) in [6, 6.07) is 0. The Balaban J connectivity index is 1.73. The molecule has 1 fully saturated rings. The second-order valence-electron chi connectivity index (χ2n) is 8.30. The molecule has 4 heterocycles. The highest BCUT2D eigenvalue weighted by Crippen LogP contribution is 2.42. The normalized spacial score (nSPS) is 19.9. The maximum Gasteiger partial charge on any atom is 0.190 e. The maximum atomic E-state index is 9.25. The first kappa shape index (κ1) is 20.3. The van der Waals surface area contributed by atoms with Crippen LogP contribution in [0.1, 0.15) is 37.6 Å². The van der Waals surface area contributed by atoms with Gasteiger partial charge in [-0.05, 0) is 25.8 Å². The van der Waals surface area contributed by atoms with Gasteiger partial charge in [-0.1, -0.05) is 18.7 Å². The number of hydrogen-bond donors (Lipinski definition) is 2. The highest BCUT2D eigenvalue weighted by atomic mass is 32.2. The molecule has 0 unspecified atom stereocenters. The third-order valence-electron chi connectivity index (χ3n) is 5.56. The SMILES string of the molecule is CCCSc1nc(N2CC[NH+](CCO)CC2)c2c3c(sc2n1)COC(C)(C)C3. The molecule has 28 heavy (non-hydrogen) atoms. The quantitative estimate of drug-likeness (QED) is 0.545. The molecule has 6 nitrogen and oxygen atoms in total. The predicted octanol–water partition coefficient (Wildman–Crippen LogP) is 1.74. The van der Waals surface area contributed by atoms with Gasteiger partial charge in [0.1, 0.15) is 17.2 Å². The average Bonchev–Trinajstić information content (AvgIpc) is 3.03.